The minimum absolute atomic E-state index is 0.120. The van der Waals surface area contributed by atoms with Crippen molar-refractivity contribution in [3.8, 4) is 11.5 Å². The Bertz CT molecular complexity index is 599. The van der Waals surface area contributed by atoms with Gasteiger partial charge in [0, 0.05) is 43.9 Å². The number of hydrogen-bond donors (Lipinski definition) is 1. The number of piperazine rings is 1. The molecule has 1 aliphatic carbocycles. The number of hydrogen-bond acceptors (Lipinski definition) is 5. The molecule has 0 spiro atoms. The van der Waals surface area contributed by atoms with E-state index in [1.807, 2.05) is 23.1 Å². The van der Waals surface area contributed by atoms with Crippen LogP contribution in [0.1, 0.15) is 24.8 Å². The number of nitrogens with zero attached hydrogens (tertiary/aromatic N) is 2. The van der Waals surface area contributed by atoms with Gasteiger partial charge in [-0.2, -0.15) is 0 Å². The van der Waals surface area contributed by atoms with Gasteiger partial charge in [-0.25, -0.2) is 0 Å². The van der Waals surface area contributed by atoms with E-state index in [-0.39, 0.29) is 18.1 Å². The molecule has 2 fully saturated rings. The Morgan fingerprint density at radius 3 is 2.52 bits per heavy atom. The molecule has 0 aromatic heterocycles. The Labute approximate surface area is 149 Å². The smallest absolute Gasteiger partial charge is 0.227 e. The van der Waals surface area contributed by atoms with Crippen molar-refractivity contribution >= 4 is 5.91 Å². The molecule has 1 aromatic carbocycles. The zero-order valence-corrected chi connectivity index (χ0v) is 15.1. The fraction of sp³-hybridized carbons (Fsp3) is 0.632. The van der Waals surface area contributed by atoms with Crippen LogP contribution in [0.15, 0.2) is 18.2 Å². The van der Waals surface area contributed by atoms with Crippen molar-refractivity contribution in [2.75, 3.05) is 40.4 Å². The van der Waals surface area contributed by atoms with E-state index in [4.69, 9.17) is 9.47 Å². The van der Waals surface area contributed by atoms with Crippen molar-refractivity contribution < 1.29 is 19.4 Å². The van der Waals surface area contributed by atoms with Crippen LogP contribution in [-0.4, -0.2) is 73.4 Å². The molecule has 2 atom stereocenters. The fourth-order valence-corrected chi connectivity index (χ4v) is 3.92. The van der Waals surface area contributed by atoms with Crippen molar-refractivity contribution in [2.45, 2.75) is 37.8 Å². The molecule has 0 bridgehead atoms. The second-order valence-electron chi connectivity index (χ2n) is 6.84. The quantitative estimate of drug-likeness (QED) is 0.869. The van der Waals surface area contributed by atoms with Gasteiger partial charge in [0.1, 0.15) is 11.5 Å². The second-order valence-corrected chi connectivity index (χ2v) is 6.84. The molecule has 2 aliphatic rings. The number of rotatable bonds is 5. The van der Waals surface area contributed by atoms with Crippen LogP contribution in [0.3, 0.4) is 0 Å². The van der Waals surface area contributed by atoms with Gasteiger partial charge in [-0.1, -0.05) is 6.07 Å². The first-order valence-electron chi connectivity index (χ1n) is 9.03. The maximum atomic E-state index is 12.7. The number of aliphatic hydroxyl groups excluding tert-OH is 1. The lowest BCUT2D eigenvalue weighted by Gasteiger charge is -2.39. The standard InChI is InChI=1S/C19H28N2O4/c1-24-15-7-6-14(18(13-15)25-2)12-19(23)21-10-8-20(9-11-21)16-4-3-5-17(16)22/h6-7,13,16-17,22H,3-5,8-12H2,1-2H3/t16-,17+/m0/s1. The SMILES string of the molecule is COc1ccc(CC(=O)N2CCN([C@H]3CCC[C@H]3O)CC2)c(OC)c1. The van der Waals surface area contributed by atoms with E-state index < -0.39 is 0 Å². The second kappa shape index (κ2) is 8.06. The van der Waals surface area contributed by atoms with E-state index in [1.165, 1.54) is 0 Å². The van der Waals surface area contributed by atoms with Gasteiger partial charge in [0.05, 0.1) is 26.7 Å². The molecule has 1 saturated heterocycles. The summed E-state index contributed by atoms with van der Waals surface area (Å²) in [6.45, 7) is 3.13. The number of amides is 1. The van der Waals surface area contributed by atoms with Gasteiger partial charge >= 0.3 is 0 Å². The van der Waals surface area contributed by atoms with Crippen LogP contribution < -0.4 is 9.47 Å². The molecule has 1 amide bonds. The molecule has 1 aliphatic heterocycles. The number of carbonyl (C=O) groups is 1. The number of aliphatic hydroxyl groups is 1. The predicted octanol–water partition coefficient (Wildman–Crippen LogP) is 1.30. The first kappa shape index (κ1) is 18.0. The molecular weight excluding hydrogens is 320 g/mol. The molecule has 1 aromatic rings. The van der Waals surface area contributed by atoms with Crippen LogP contribution in [0, 0.1) is 0 Å². The van der Waals surface area contributed by atoms with Crippen LogP contribution >= 0.6 is 0 Å². The highest BCUT2D eigenvalue weighted by Crippen LogP contribution is 2.27. The Balaban J connectivity index is 1.56. The van der Waals surface area contributed by atoms with Crippen LogP contribution in [0.2, 0.25) is 0 Å². The Kier molecular flexibility index (Phi) is 5.81. The predicted molar refractivity (Wildman–Crippen MR) is 95.0 cm³/mol. The lowest BCUT2D eigenvalue weighted by atomic mass is 10.1. The van der Waals surface area contributed by atoms with Crippen molar-refractivity contribution in [3.05, 3.63) is 23.8 Å². The highest BCUT2D eigenvalue weighted by Gasteiger charge is 2.33. The number of methoxy groups -OCH3 is 2. The summed E-state index contributed by atoms with van der Waals surface area (Å²) in [6.07, 6.45) is 3.20. The Morgan fingerprint density at radius 1 is 1.16 bits per heavy atom. The average molecular weight is 348 g/mol. The van der Waals surface area contributed by atoms with Gasteiger partial charge in [-0.3, -0.25) is 9.69 Å². The van der Waals surface area contributed by atoms with Crippen LogP contribution in [0.5, 0.6) is 11.5 Å². The van der Waals surface area contributed by atoms with Gasteiger partial charge in [0.25, 0.3) is 0 Å². The highest BCUT2D eigenvalue weighted by molar-refractivity contribution is 5.79. The first-order valence-corrected chi connectivity index (χ1v) is 9.03. The van der Waals surface area contributed by atoms with Crippen LogP contribution in [0.25, 0.3) is 0 Å². The van der Waals surface area contributed by atoms with E-state index in [2.05, 4.69) is 4.90 Å². The van der Waals surface area contributed by atoms with Gasteiger partial charge < -0.3 is 19.5 Å². The van der Waals surface area contributed by atoms with Crippen molar-refractivity contribution in [3.63, 3.8) is 0 Å². The first-order chi connectivity index (χ1) is 12.1. The van der Waals surface area contributed by atoms with E-state index in [0.717, 1.165) is 56.8 Å². The summed E-state index contributed by atoms with van der Waals surface area (Å²) in [6, 6.07) is 5.83. The van der Waals surface area contributed by atoms with Gasteiger partial charge in [0.2, 0.25) is 5.91 Å². The molecule has 0 unspecified atom stereocenters. The monoisotopic (exact) mass is 348 g/mol. The van der Waals surface area contributed by atoms with E-state index in [0.29, 0.717) is 12.2 Å². The zero-order chi connectivity index (χ0) is 17.8. The van der Waals surface area contributed by atoms with Crippen LogP contribution in [0.4, 0.5) is 0 Å². The summed E-state index contributed by atoms with van der Waals surface area (Å²) >= 11 is 0. The number of benzene rings is 1. The summed E-state index contributed by atoms with van der Waals surface area (Å²) in [5, 5.41) is 10.1. The topological polar surface area (TPSA) is 62.2 Å². The number of carbonyl (C=O) groups excluding carboxylic acids is 1. The number of ether oxygens (including phenoxy) is 2. The third kappa shape index (κ3) is 4.07. The molecule has 0 radical (unpaired) electrons. The molecule has 1 N–H and O–H groups in total. The Hall–Kier alpha value is -1.79. The Morgan fingerprint density at radius 2 is 1.92 bits per heavy atom. The zero-order valence-electron chi connectivity index (χ0n) is 15.1. The van der Waals surface area contributed by atoms with Crippen molar-refractivity contribution in [1.82, 2.24) is 9.80 Å². The normalized spacial score (nSPS) is 24.4. The molecule has 25 heavy (non-hydrogen) atoms. The van der Waals surface area contributed by atoms with Crippen LogP contribution in [-0.2, 0) is 11.2 Å². The largest absolute Gasteiger partial charge is 0.497 e. The highest BCUT2D eigenvalue weighted by atomic mass is 16.5. The molecule has 6 heteroatoms. The van der Waals surface area contributed by atoms with E-state index in [1.54, 1.807) is 14.2 Å². The van der Waals surface area contributed by atoms with E-state index >= 15 is 0 Å². The van der Waals surface area contributed by atoms with Crippen molar-refractivity contribution in [1.29, 1.82) is 0 Å². The van der Waals surface area contributed by atoms with Gasteiger partial charge in [-0.15, -0.1) is 0 Å². The molecule has 1 saturated carbocycles. The lowest BCUT2D eigenvalue weighted by molar-refractivity contribution is -0.132. The third-order valence-corrected chi connectivity index (χ3v) is 5.42. The van der Waals surface area contributed by atoms with Gasteiger partial charge in [0.15, 0.2) is 0 Å². The fourth-order valence-electron chi connectivity index (χ4n) is 3.92. The molecule has 6 nitrogen and oxygen atoms in total. The molecular formula is C19H28N2O4. The summed E-state index contributed by atoms with van der Waals surface area (Å²) in [4.78, 5) is 16.9. The minimum Gasteiger partial charge on any atom is -0.497 e. The summed E-state index contributed by atoms with van der Waals surface area (Å²) in [5.41, 5.74) is 0.877. The average Bonchev–Trinajstić information content (AvgIpc) is 3.08. The molecule has 138 valence electrons. The maximum Gasteiger partial charge on any atom is 0.227 e. The maximum absolute atomic E-state index is 12.7. The van der Waals surface area contributed by atoms with E-state index in [9.17, 15) is 9.90 Å². The molecule has 1 heterocycles. The van der Waals surface area contributed by atoms with Crippen molar-refractivity contribution in [2.24, 2.45) is 0 Å². The third-order valence-electron chi connectivity index (χ3n) is 5.42. The lowest BCUT2D eigenvalue weighted by Crippen LogP contribution is -2.53. The summed E-state index contributed by atoms with van der Waals surface area (Å²) in [7, 11) is 3.22. The van der Waals surface area contributed by atoms with Gasteiger partial charge in [-0.05, 0) is 25.3 Å². The summed E-state index contributed by atoms with van der Waals surface area (Å²) < 4.78 is 10.6. The minimum atomic E-state index is -0.203. The molecule has 3 rings (SSSR count). The summed E-state index contributed by atoms with van der Waals surface area (Å²) in [5.74, 6) is 1.52.